The Labute approximate surface area is 134 Å². The molecular formula is C16H21FN4O2. The van der Waals surface area contributed by atoms with E-state index in [0.717, 1.165) is 17.8 Å². The molecule has 1 aromatic heterocycles. The Hall–Kier alpha value is -2.57. The van der Waals surface area contributed by atoms with Crippen LogP contribution in [0.15, 0.2) is 30.3 Å². The lowest BCUT2D eigenvalue weighted by Gasteiger charge is -2.16. The van der Waals surface area contributed by atoms with Crippen LogP contribution in [0.25, 0.3) is 0 Å². The highest BCUT2D eigenvalue weighted by Crippen LogP contribution is 2.16. The average Bonchev–Trinajstić information content (AvgIpc) is 3.01. The topological polar surface area (TPSA) is 79.0 Å². The van der Waals surface area contributed by atoms with Gasteiger partial charge in [-0.3, -0.25) is 5.10 Å². The van der Waals surface area contributed by atoms with Crippen LogP contribution in [0.1, 0.15) is 25.2 Å². The minimum Gasteiger partial charge on any atom is -0.486 e. The van der Waals surface area contributed by atoms with E-state index < -0.39 is 5.82 Å². The fourth-order valence-electron chi connectivity index (χ4n) is 1.95. The summed E-state index contributed by atoms with van der Waals surface area (Å²) < 4.78 is 18.9. The third-order valence-electron chi connectivity index (χ3n) is 3.20. The molecule has 0 radical (unpaired) electrons. The number of H-pyrrole nitrogens is 1. The number of halogens is 1. The second-order valence-corrected chi connectivity index (χ2v) is 5.16. The zero-order valence-corrected chi connectivity index (χ0v) is 13.2. The van der Waals surface area contributed by atoms with Crippen LogP contribution in [0, 0.1) is 5.82 Å². The van der Waals surface area contributed by atoms with Gasteiger partial charge in [0.15, 0.2) is 11.6 Å². The number of urea groups is 1. The van der Waals surface area contributed by atoms with Crippen molar-refractivity contribution >= 4 is 6.03 Å². The molecule has 0 saturated heterocycles. The maximum Gasteiger partial charge on any atom is 0.315 e. The molecule has 7 heteroatoms. The number of hydrogen-bond donors (Lipinski definition) is 3. The number of benzene rings is 1. The second-order valence-electron chi connectivity index (χ2n) is 5.16. The minimum atomic E-state index is -0.422. The van der Waals surface area contributed by atoms with Crippen LogP contribution < -0.4 is 15.4 Å². The summed E-state index contributed by atoms with van der Waals surface area (Å²) >= 11 is 0. The number of carbonyl (C=O) groups is 1. The molecule has 0 fully saturated rings. The maximum atomic E-state index is 13.5. The zero-order chi connectivity index (χ0) is 16.7. The quantitative estimate of drug-likeness (QED) is 0.733. The Morgan fingerprint density at radius 3 is 2.87 bits per heavy atom. The van der Waals surface area contributed by atoms with Gasteiger partial charge < -0.3 is 15.4 Å². The van der Waals surface area contributed by atoms with Gasteiger partial charge >= 0.3 is 6.03 Å². The van der Waals surface area contributed by atoms with Crippen LogP contribution in [-0.4, -0.2) is 28.9 Å². The molecule has 124 valence electrons. The molecule has 23 heavy (non-hydrogen) atoms. The zero-order valence-electron chi connectivity index (χ0n) is 13.2. The number of amides is 2. The van der Waals surface area contributed by atoms with E-state index in [-0.39, 0.29) is 24.4 Å². The van der Waals surface area contributed by atoms with Gasteiger partial charge in [0.25, 0.3) is 0 Å². The number of carbonyl (C=O) groups excluding carboxylic acids is 1. The lowest BCUT2D eigenvalue weighted by Crippen LogP contribution is -2.40. The Balaban J connectivity index is 1.70. The fraction of sp³-hybridized carbons (Fsp3) is 0.375. The lowest BCUT2D eigenvalue weighted by molar-refractivity contribution is 0.201. The van der Waals surface area contributed by atoms with Gasteiger partial charge in [0, 0.05) is 0 Å². The molecular weight excluding hydrogens is 299 g/mol. The van der Waals surface area contributed by atoms with E-state index in [2.05, 4.69) is 20.8 Å². The largest absolute Gasteiger partial charge is 0.486 e. The SMILES string of the molecule is CCc1cc(CNC(=O)NC[C@@H](C)Oc2ccccc2F)[nH]n1. The van der Waals surface area contributed by atoms with Gasteiger partial charge in [-0.15, -0.1) is 0 Å². The molecule has 2 rings (SSSR count). The highest BCUT2D eigenvalue weighted by Gasteiger charge is 2.09. The number of nitrogens with zero attached hydrogens (tertiary/aromatic N) is 1. The van der Waals surface area contributed by atoms with Crippen molar-refractivity contribution in [3.63, 3.8) is 0 Å². The van der Waals surface area contributed by atoms with Crippen LogP contribution in [-0.2, 0) is 13.0 Å². The van der Waals surface area contributed by atoms with E-state index >= 15 is 0 Å². The third-order valence-corrected chi connectivity index (χ3v) is 3.20. The van der Waals surface area contributed by atoms with Crippen molar-refractivity contribution < 1.29 is 13.9 Å². The Morgan fingerprint density at radius 1 is 1.39 bits per heavy atom. The molecule has 6 nitrogen and oxygen atoms in total. The number of rotatable bonds is 7. The number of nitrogens with one attached hydrogen (secondary N) is 3. The van der Waals surface area contributed by atoms with Crippen LogP contribution in [0.2, 0.25) is 0 Å². The summed E-state index contributed by atoms with van der Waals surface area (Å²) in [6.07, 6.45) is 0.490. The minimum absolute atomic E-state index is 0.173. The Bertz CT molecular complexity index is 645. The molecule has 0 aliphatic carbocycles. The van der Waals surface area contributed by atoms with Crippen LogP contribution >= 0.6 is 0 Å². The van der Waals surface area contributed by atoms with E-state index in [4.69, 9.17) is 4.74 Å². The van der Waals surface area contributed by atoms with Crippen molar-refractivity contribution in [1.29, 1.82) is 0 Å². The number of aryl methyl sites for hydroxylation is 1. The summed E-state index contributed by atoms with van der Waals surface area (Å²) in [5.41, 5.74) is 1.79. The molecule has 3 N–H and O–H groups in total. The lowest BCUT2D eigenvalue weighted by atomic mass is 10.3. The van der Waals surface area contributed by atoms with Gasteiger partial charge in [-0.05, 0) is 31.5 Å². The van der Waals surface area contributed by atoms with Gasteiger partial charge in [0.2, 0.25) is 0 Å². The van der Waals surface area contributed by atoms with Crippen molar-refractivity contribution in [3.05, 3.63) is 47.5 Å². The summed E-state index contributed by atoms with van der Waals surface area (Å²) in [6.45, 7) is 4.40. The molecule has 0 saturated carbocycles. The average molecular weight is 320 g/mol. The number of para-hydroxylation sites is 1. The van der Waals surface area contributed by atoms with Crippen molar-refractivity contribution in [2.45, 2.75) is 32.9 Å². The molecule has 2 aromatic rings. The Kier molecular flexibility index (Phi) is 5.96. The maximum absolute atomic E-state index is 13.5. The van der Waals surface area contributed by atoms with E-state index in [1.54, 1.807) is 25.1 Å². The van der Waals surface area contributed by atoms with Crippen molar-refractivity contribution in [3.8, 4) is 5.75 Å². The van der Waals surface area contributed by atoms with Gasteiger partial charge in [0.1, 0.15) is 6.10 Å². The molecule has 2 amide bonds. The first-order valence-corrected chi connectivity index (χ1v) is 7.54. The fourth-order valence-corrected chi connectivity index (χ4v) is 1.95. The van der Waals surface area contributed by atoms with E-state index in [1.165, 1.54) is 6.07 Å². The highest BCUT2D eigenvalue weighted by molar-refractivity contribution is 5.73. The molecule has 0 aliphatic heterocycles. The molecule has 1 atom stereocenters. The van der Waals surface area contributed by atoms with Gasteiger partial charge in [-0.25, -0.2) is 9.18 Å². The van der Waals surface area contributed by atoms with Crippen molar-refractivity contribution in [1.82, 2.24) is 20.8 Å². The predicted molar refractivity (Wildman–Crippen MR) is 84.7 cm³/mol. The monoisotopic (exact) mass is 320 g/mol. The normalized spacial score (nSPS) is 11.8. The molecule has 1 aromatic carbocycles. The molecule has 0 spiro atoms. The van der Waals surface area contributed by atoms with Crippen LogP contribution in [0.4, 0.5) is 9.18 Å². The molecule has 1 heterocycles. The highest BCUT2D eigenvalue weighted by atomic mass is 19.1. The summed E-state index contributed by atoms with van der Waals surface area (Å²) in [5, 5.41) is 12.3. The van der Waals surface area contributed by atoms with E-state index in [9.17, 15) is 9.18 Å². The summed E-state index contributed by atoms with van der Waals surface area (Å²) in [7, 11) is 0. The molecule has 0 unspecified atom stereocenters. The number of aromatic nitrogens is 2. The first-order valence-electron chi connectivity index (χ1n) is 7.54. The van der Waals surface area contributed by atoms with E-state index in [0.29, 0.717) is 6.54 Å². The predicted octanol–water partition coefficient (Wildman–Crippen LogP) is 2.38. The first kappa shape index (κ1) is 16.8. The van der Waals surface area contributed by atoms with Crippen molar-refractivity contribution in [2.24, 2.45) is 0 Å². The number of ether oxygens (including phenoxy) is 1. The van der Waals surface area contributed by atoms with Crippen LogP contribution in [0.3, 0.4) is 0 Å². The number of aromatic amines is 1. The standard InChI is InChI=1S/C16H21FN4O2/c1-3-12-8-13(21-20-12)10-19-16(22)18-9-11(2)23-15-7-5-4-6-14(15)17/h4-8,11H,3,9-10H2,1-2H3,(H,20,21)(H2,18,19,22)/t11-/m1/s1. The van der Waals surface area contributed by atoms with Crippen molar-refractivity contribution in [2.75, 3.05) is 6.54 Å². The van der Waals surface area contributed by atoms with Gasteiger partial charge in [-0.1, -0.05) is 19.1 Å². The Morgan fingerprint density at radius 2 is 2.17 bits per heavy atom. The summed E-state index contributed by atoms with van der Waals surface area (Å²) in [4.78, 5) is 11.7. The van der Waals surface area contributed by atoms with Gasteiger partial charge in [-0.2, -0.15) is 5.10 Å². The number of hydrogen-bond acceptors (Lipinski definition) is 3. The first-order chi connectivity index (χ1) is 11.1. The third kappa shape index (κ3) is 5.28. The summed E-state index contributed by atoms with van der Waals surface area (Å²) in [5.74, 6) is -0.249. The van der Waals surface area contributed by atoms with Gasteiger partial charge in [0.05, 0.1) is 24.5 Å². The molecule has 0 aliphatic rings. The summed E-state index contributed by atoms with van der Waals surface area (Å²) in [6, 6.07) is 7.76. The second kappa shape index (κ2) is 8.17. The molecule has 0 bridgehead atoms. The van der Waals surface area contributed by atoms with Crippen LogP contribution in [0.5, 0.6) is 5.75 Å². The van der Waals surface area contributed by atoms with E-state index in [1.807, 2.05) is 13.0 Å². The smallest absolute Gasteiger partial charge is 0.315 e.